The van der Waals surface area contributed by atoms with Crippen LogP contribution in [-0.2, 0) is 0 Å². The number of nitrogens with one attached hydrogen (secondary N) is 2. The van der Waals surface area contributed by atoms with Gasteiger partial charge in [0.2, 0.25) is 0 Å². The smallest absolute Gasteiger partial charge is 0.191 e. The van der Waals surface area contributed by atoms with Crippen molar-refractivity contribution < 1.29 is 4.39 Å². The number of likely N-dealkylation sites (tertiary alicyclic amines) is 1. The maximum absolute atomic E-state index is 13.9. The summed E-state index contributed by atoms with van der Waals surface area (Å²) >= 11 is 0. The molecule has 28 heavy (non-hydrogen) atoms. The third-order valence-electron chi connectivity index (χ3n) is 5.90. The lowest BCUT2D eigenvalue weighted by Crippen LogP contribution is -2.45. The Hall–Kier alpha value is -1.89. The lowest BCUT2D eigenvalue weighted by molar-refractivity contribution is 0.158. The van der Waals surface area contributed by atoms with E-state index in [-0.39, 0.29) is 11.9 Å². The molecule has 2 fully saturated rings. The monoisotopic (exact) mass is 390 g/mol. The third kappa shape index (κ3) is 5.80. The first-order valence-corrected chi connectivity index (χ1v) is 10.7. The molecule has 3 heterocycles. The molecule has 0 bridgehead atoms. The Bertz CT molecular complexity index is 637. The maximum Gasteiger partial charge on any atom is 0.191 e. The molecule has 0 aromatic carbocycles. The SMILES string of the molecule is CN=C(NCCCCN1CCCCC1C)NC1CCN(c2ncccc2F)C1. The van der Waals surface area contributed by atoms with Gasteiger partial charge in [0.05, 0.1) is 0 Å². The van der Waals surface area contributed by atoms with E-state index < -0.39 is 0 Å². The second-order valence-electron chi connectivity index (χ2n) is 7.97. The first-order chi connectivity index (χ1) is 13.7. The van der Waals surface area contributed by atoms with Gasteiger partial charge in [0.1, 0.15) is 0 Å². The minimum Gasteiger partial charge on any atom is -0.356 e. The third-order valence-corrected chi connectivity index (χ3v) is 5.90. The highest BCUT2D eigenvalue weighted by atomic mass is 19.1. The van der Waals surface area contributed by atoms with Crippen LogP contribution >= 0.6 is 0 Å². The number of anilines is 1. The van der Waals surface area contributed by atoms with Crippen molar-refractivity contribution in [1.82, 2.24) is 20.5 Å². The summed E-state index contributed by atoms with van der Waals surface area (Å²) in [7, 11) is 1.80. The Balaban J connectivity index is 1.34. The van der Waals surface area contributed by atoms with Crippen molar-refractivity contribution in [3.05, 3.63) is 24.1 Å². The molecule has 2 aliphatic rings. The first kappa shape index (κ1) is 20.8. The molecule has 0 amide bonds. The molecule has 0 spiro atoms. The molecule has 2 aliphatic heterocycles. The standard InChI is InChI=1S/C21H35FN6/c1-17-8-3-5-13-27(17)14-6-4-11-25-21(23-2)26-18-10-15-28(16-18)20-19(22)9-7-12-24-20/h7,9,12,17-18H,3-6,8,10-11,13-16H2,1-2H3,(H2,23,25,26). The minimum atomic E-state index is -0.256. The number of hydrogen-bond acceptors (Lipinski definition) is 4. The summed E-state index contributed by atoms with van der Waals surface area (Å²) in [4.78, 5) is 13.1. The van der Waals surface area contributed by atoms with Crippen LogP contribution in [0.5, 0.6) is 0 Å². The molecule has 6 nitrogen and oxygen atoms in total. The number of unbranched alkanes of at least 4 members (excludes halogenated alkanes) is 1. The lowest BCUT2D eigenvalue weighted by atomic mass is 10.0. The van der Waals surface area contributed by atoms with Gasteiger partial charge in [-0.05, 0) is 64.3 Å². The van der Waals surface area contributed by atoms with Crippen molar-refractivity contribution in [3.63, 3.8) is 0 Å². The average Bonchev–Trinajstić information content (AvgIpc) is 3.16. The fraction of sp³-hybridized carbons (Fsp3) is 0.714. The Morgan fingerprint density at radius 2 is 2.18 bits per heavy atom. The summed E-state index contributed by atoms with van der Waals surface area (Å²) in [6, 6.07) is 4.09. The van der Waals surface area contributed by atoms with Gasteiger partial charge in [0.15, 0.2) is 17.6 Å². The maximum atomic E-state index is 13.9. The zero-order valence-corrected chi connectivity index (χ0v) is 17.3. The average molecular weight is 391 g/mol. The van der Waals surface area contributed by atoms with E-state index in [9.17, 15) is 4.39 Å². The first-order valence-electron chi connectivity index (χ1n) is 10.7. The van der Waals surface area contributed by atoms with Crippen LogP contribution in [-0.4, -0.2) is 67.7 Å². The number of aromatic nitrogens is 1. The summed E-state index contributed by atoms with van der Waals surface area (Å²) in [6.45, 7) is 7.27. The number of aliphatic imine (C=N–C) groups is 1. The molecule has 1 aromatic heterocycles. The summed E-state index contributed by atoms with van der Waals surface area (Å²) in [5.74, 6) is 1.02. The van der Waals surface area contributed by atoms with Crippen LogP contribution in [0.2, 0.25) is 0 Å². The minimum absolute atomic E-state index is 0.252. The van der Waals surface area contributed by atoms with E-state index in [1.807, 2.05) is 4.90 Å². The highest BCUT2D eigenvalue weighted by molar-refractivity contribution is 5.80. The van der Waals surface area contributed by atoms with Crippen molar-refractivity contribution in [2.24, 2.45) is 4.99 Å². The van der Waals surface area contributed by atoms with Crippen LogP contribution in [0.4, 0.5) is 10.2 Å². The Labute approximate surface area is 168 Å². The predicted molar refractivity (Wildman–Crippen MR) is 113 cm³/mol. The van der Waals surface area contributed by atoms with Gasteiger partial charge in [-0.15, -0.1) is 0 Å². The van der Waals surface area contributed by atoms with Crippen LogP contribution in [0.3, 0.4) is 0 Å². The number of halogens is 1. The van der Waals surface area contributed by atoms with Crippen LogP contribution in [0.15, 0.2) is 23.3 Å². The van der Waals surface area contributed by atoms with Crippen molar-refractivity contribution >= 4 is 11.8 Å². The number of guanidine groups is 1. The second kappa shape index (κ2) is 10.6. The number of hydrogen-bond donors (Lipinski definition) is 2. The molecule has 0 saturated carbocycles. The van der Waals surface area contributed by atoms with Crippen LogP contribution in [0.1, 0.15) is 45.4 Å². The van der Waals surface area contributed by atoms with E-state index in [0.717, 1.165) is 44.5 Å². The molecule has 0 aliphatic carbocycles. The van der Waals surface area contributed by atoms with Crippen molar-refractivity contribution in [3.8, 4) is 0 Å². The molecule has 2 N–H and O–H groups in total. The fourth-order valence-electron chi connectivity index (χ4n) is 4.20. The van der Waals surface area contributed by atoms with Crippen molar-refractivity contribution in [2.75, 3.05) is 44.7 Å². The molecule has 3 rings (SSSR count). The fourth-order valence-corrected chi connectivity index (χ4v) is 4.20. The Morgan fingerprint density at radius 1 is 1.29 bits per heavy atom. The Morgan fingerprint density at radius 3 is 2.96 bits per heavy atom. The molecule has 7 heteroatoms. The lowest BCUT2D eigenvalue weighted by Gasteiger charge is -2.33. The Kier molecular flexibility index (Phi) is 7.89. The summed E-state index contributed by atoms with van der Waals surface area (Å²) in [5.41, 5.74) is 0. The van der Waals surface area contributed by atoms with E-state index in [0.29, 0.717) is 5.82 Å². The van der Waals surface area contributed by atoms with Gasteiger partial charge in [-0.3, -0.25) is 4.99 Å². The molecule has 2 saturated heterocycles. The van der Waals surface area contributed by atoms with Crippen LogP contribution in [0, 0.1) is 5.82 Å². The van der Waals surface area contributed by atoms with Gasteiger partial charge in [0, 0.05) is 45.0 Å². The number of piperidine rings is 1. The van der Waals surface area contributed by atoms with E-state index >= 15 is 0 Å². The van der Waals surface area contributed by atoms with Gasteiger partial charge >= 0.3 is 0 Å². The zero-order chi connectivity index (χ0) is 19.8. The largest absolute Gasteiger partial charge is 0.356 e. The van der Waals surface area contributed by atoms with Gasteiger partial charge in [-0.1, -0.05) is 6.42 Å². The quantitative estimate of drug-likeness (QED) is 0.426. The van der Waals surface area contributed by atoms with Gasteiger partial charge in [-0.2, -0.15) is 0 Å². The molecule has 156 valence electrons. The number of nitrogens with zero attached hydrogens (tertiary/aromatic N) is 4. The van der Waals surface area contributed by atoms with E-state index in [2.05, 4.69) is 32.4 Å². The summed E-state index contributed by atoms with van der Waals surface area (Å²) in [5, 5.41) is 6.89. The molecule has 2 unspecified atom stereocenters. The van der Waals surface area contributed by atoms with Crippen LogP contribution in [0.25, 0.3) is 0 Å². The molecular formula is C21H35FN6. The highest BCUT2D eigenvalue weighted by Crippen LogP contribution is 2.20. The van der Waals surface area contributed by atoms with Crippen molar-refractivity contribution in [2.45, 2.75) is 57.5 Å². The summed E-state index contributed by atoms with van der Waals surface area (Å²) < 4.78 is 13.9. The normalized spacial score (nSPS) is 23.8. The molecule has 2 atom stereocenters. The van der Waals surface area contributed by atoms with Gasteiger partial charge < -0.3 is 20.4 Å². The van der Waals surface area contributed by atoms with Crippen LogP contribution < -0.4 is 15.5 Å². The zero-order valence-electron chi connectivity index (χ0n) is 17.3. The molecule has 0 radical (unpaired) electrons. The van der Waals surface area contributed by atoms with E-state index in [1.165, 1.54) is 44.8 Å². The number of pyridine rings is 1. The molecular weight excluding hydrogens is 355 g/mol. The predicted octanol–water partition coefficient (Wildman–Crippen LogP) is 2.62. The van der Waals surface area contributed by atoms with Crippen molar-refractivity contribution in [1.29, 1.82) is 0 Å². The van der Waals surface area contributed by atoms with E-state index in [4.69, 9.17) is 0 Å². The topological polar surface area (TPSA) is 55.8 Å². The number of rotatable bonds is 7. The second-order valence-corrected chi connectivity index (χ2v) is 7.97. The van der Waals surface area contributed by atoms with Gasteiger partial charge in [0.25, 0.3) is 0 Å². The highest BCUT2D eigenvalue weighted by Gasteiger charge is 2.25. The molecule has 1 aromatic rings. The van der Waals surface area contributed by atoms with Gasteiger partial charge in [-0.25, -0.2) is 9.37 Å². The van der Waals surface area contributed by atoms with E-state index in [1.54, 1.807) is 19.3 Å². The summed E-state index contributed by atoms with van der Waals surface area (Å²) in [6.07, 6.45) is 9.01.